The number of rotatable bonds is 3. The van der Waals surface area contributed by atoms with Crippen LogP contribution in [0.1, 0.15) is 39.2 Å². The zero-order valence-corrected chi connectivity index (χ0v) is 22.3. The Labute approximate surface area is 229 Å². The predicted molar refractivity (Wildman–Crippen MR) is 111 cm³/mol. The molecule has 6 nitrogen and oxygen atoms in total. The second-order valence-electron chi connectivity index (χ2n) is 9.48. The van der Waals surface area contributed by atoms with Crippen LogP contribution in [0.2, 0.25) is 5.82 Å². The molecule has 0 saturated carbocycles. The van der Waals surface area contributed by atoms with Crippen molar-refractivity contribution in [2.75, 3.05) is 26.2 Å². The monoisotopic (exact) mass is 480 g/mol. The van der Waals surface area contributed by atoms with Gasteiger partial charge in [-0.25, -0.2) is 9.59 Å². The number of likely N-dealkylation sites (tertiary alicyclic amines) is 2. The summed E-state index contributed by atoms with van der Waals surface area (Å²) in [5.41, 5.74) is -0.994. The van der Waals surface area contributed by atoms with Crippen molar-refractivity contribution in [2.24, 2.45) is 5.41 Å². The molecule has 2 saturated heterocycles. The Bertz CT molecular complexity index is 796. The summed E-state index contributed by atoms with van der Waals surface area (Å²) < 4.78 is 52.4. The van der Waals surface area contributed by atoms with E-state index in [0.717, 1.165) is 5.56 Å². The number of benzene rings is 1. The summed E-state index contributed by atoms with van der Waals surface area (Å²) in [7, 11) is 0. The molecule has 1 aromatic rings. The maximum absolute atomic E-state index is 13.9. The largest absolute Gasteiger partial charge is 1.00 e. The van der Waals surface area contributed by atoms with Crippen LogP contribution in [0, 0.1) is 5.41 Å². The number of ether oxygens (including phenoxy) is 2. The fraction of sp³-hybridized carbons (Fsp3) is 0.619. The van der Waals surface area contributed by atoms with Crippen molar-refractivity contribution in [1.82, 2.24) is 9.80 Å². The molecule has 0 aromatic heterocycles. The molecule has 3 rings (SSSR count). The summed E-state index contributed by atoms with van der Waals surface area (Å²) in [5, 5.41) is 0. The van der Waals surface area contributed by atoms with E-state index in [4.69, 9.17) is 9.47 Å². The standard InChI is InChI=1S/C21H29BF3N2O4.K/c1-20(2,3)31-19(29)26-11-9-21(10-12-26)15-27(13-17(21)22(23,24)25)18(28)30-14-16-7-5-4-6-8-16;/h4-8,17H,9-15H2,1-3H3;/q-1;+1. The molecule has 2 heterocycles. The molecule has 1 unspecified atom stereocenters. The average Bonchev–Trinajstić information content (AvgIpc) is 3.05. The molecule has 0 N–H and O–H groups in total. The number of carbonyl (C=O) groups excluding carboxylic acids is 2. The van der Waals surface area contributed by atoms with Crippen LogP contribution in [0.25, 0.3) is 0 Å². The second-order valence-corrected chi connectivity index (χ2v) is 9.48. The van der Waals surface area contributed by atoms with E-state index in [1.807, 2.05) is 6.07 Å². The molecule has 2 amide bonds. The third kappa shape index (κ3) is 6.88. The molecule has 2 aliphatic rings. The van der Waals surface area contributed by atoms with Crippen LogP contribution in [-0.4, -0.2) is 60.7 Å². The van der Waals surface area contributed by atoms with Crippen LogP contribution in [0.5, 0.6) is 0 Å². The third-order valence-electron chi connectivity index (χ3n) is 6.04. The maximum atomic E-state index is 13.9. The van der Waals surface area contributed by atoms with Gasteiger partial charge in [-0.15, -0.1) is 0 Å². The van der Waals surface area contributed by atoms with Crippen molar-refractivity contribution in [1.29, 1.82) is 0 Å². The average molecular weight is 480 g/mol. The molecule has 32 heavy (non-hydrogen) atoms. The Morgan fingerprint density at radius 1 is 1.06 bits per heavy atom. The van der Waals surface area contributed by atoms with Gasteiger partial charge in [0.05, 0.1) is 0 Å². The molecule has 172 valence electrons. The first kappa shape index (κ1) is 27.5. The van der Waals surface area contributed by atoms with Crippen LogP contribution in [0.3, 0.4) is 0 Å². The molecule has 0 bridgehead atoms. The first-order valence-electron chi connectivity index (χ1n) is 10.5. The van der Waals surface area contributed by atoms with Crippen molar-refractivity contribution in [3.8, 4) is 0 Å². The van der Waals surface area contributed by atoms with Crippen LogP contribution in [0.4, 0.5) is 22.5 Å². The molecule has 0 aliphatic carbocycles. The van der Waals surface area contributed by atoms with E-state index in [-0.39, 0.29) is 90.5 Å². The Balaban J connectivity index is 0.00000363. The van der Waals surface area contributed by atoms with Gasteiger partial charge in [-0.05, 0) is 50.4 Å². The van der Waals surface area contributed by atoms with Gasteiger partial charge >= 0.3 is 70.5 Å². The summed E-state index contributed by atoms with van der Waals surface area (Å²) in [6.07, 6.45) is -0.921. The smallest absolute Gasteiger partial charge is 0.449 e. The summed E-state index contributed by atoms with van der Waals surface area (Å²) >= 11 is 0. The van der Waals surface area contributed by atoms with Gasteiger partial charge in [-0.3, -0.25) is 0 Å². The number of halogens is 3. The number of amides is 2. The van der Waals surface area contributed by atoms with Gasteiger partial charge in [0.25, 0.3) is 0 Å². The van der Waals surface area contributed by atoms with Gasteiger partial charge < -0.3 is 32.2 Å². The number of piperidine rings is 1. The van der Waals surface area contributed by atoms with Crippen LogP contribution < -0.4 is 51.4 Å². The third-order valence-corrected chi connectivity index (χ3v) is 6.04. The zero-order valence-electron chi connectivity index (χ0n) is 19.2. The Morgan fingerprint density at radius 3 is 2.19 bits per heavy atom. The van der Waals surface area contributed by atoms with Gasteiger partial charge in [-0.2, -0.15) is 0 Å². The van der Waals surface area contributed by atoms with Crippen molar-refractivity contribution >= 4 is 19.2 Å². The van der Waals surface area contributed by atoms with E-state index >= 15 is 0 Å². The van der Waals surface area contributed by atoms with E-state index < -0.39 is 42.5 Å². The Kier molecular flexibility index (Phi) is 9.17. The van der Waals surface area contributed by atoms with E-state index in [9.17, 15) is 22.5 Å². The normalized spacial score (nSPS) is 20.6. The molecule has 1 spiro atoms. The van der Waals surface area contributed by atoms with Crippen molar-refractivity contribution in [3.05, 3.63) is 35.9 Å². The summed E-state index contributed by atoms with van der Waals surface area (Å²) in [6.45, 7) is 0.0121. The summed E-state index contributed by atoms with van der Waals surface area (Å²) in [4.78, 5) is 27.4. The van der Waals surface area contributed by atoms with E-state index in [2.05, 4.69) is 0 Å². The predicted octanol–water partition coefficient (Wildman–Crippen LogP) is 1.88. The summed E-state index contributed by atoms with van der Waals surface area (Å²) in [6, 6.07) is 9.00. The van der Waals surface area contributed by atoms with Gasteiger partial charge in [0.15, 0.2) is 0 Å². The number of nitrogens with zero attached hydrogens (tertiary/aromatic N) is 2. The first-order chi connectivity index (χ1) is 14.4. The quantitative estimate of drug-likeness (QED) is 0.621. The van der Waals surface area contributed by atoms with Crippen molar-refractivity contribution in [2.45, 2.75) is 51.6 Å². The van der Waals surface area contributed by atoms with Gasteiger partial charge in [0, 0.05) is 26.2 Å². The molecule has 2 fully saturated rings. The minimum atomic E-state index is -5.16. The molecular formula is C21H29BF3KN2O4. The topological polar surface area (TPSA) is 59.1 Å². The van der Waals surface area contributed by atoms with Crippen LogP contribution in [-0.2, 0) is 16.1 Å². The van der Waals surface area contributed by atoms with Crippen LogP contribution >= 0.6 is 0 Å². The molecule has 11 heteroatoms. The van der Waals surface area contributed by atoms with E-state index in [1.54, 1.807) is 45.0 Å². The van der Waals surface area contributed by atoms with Gasteiger partial charge in [0.2, 0.25) is 0 Å². The van der Waals surface area contributed by atoms with E-state index in [0.29, 0.717) is 0 Å². The minimum Gasteiger partial charge on any atom is -0.449 e. The summed E-state index contributed by atoms with van der Waals surface area (Å²) in [5.74, 6) is -1.59. The number of hydrogen-bond donors (Lipinski definition) is 0. The Hall–Kier alpha value is -0.749. The zero-order chi connectivity index (χ0) is 22.9. The SMILES string of the molecule is CC(C)(C)OC(=O)N1CCC2(CC1)CN(C(=O)OCc1ccccc1)CC2[B-](F)(F)F.[K+]. The van der Waals surface area contributed by atoms with Crippen molar-refractivity contribution in [3.63, 3.8) is 0 Å². The van der Waals surface area contributed by atoms with Gasteiger partial charge in [-0.1, -0.05) is 30.3 Å². The minimum absolute atomic E-state index is 0. The van der Waals surface area contributed by atoms with E-state index in [1.165, 1.54) is 9.80 Å². The molecule has 2 aliphatic heterocycles. The van der Waals surface area contributed by atoms with Gasteiger partial charge in [0.1, 0.15) is 12.2 Å². The Morgan fingerprint density at radius 2 is 1.66 bits per heavy atom. The molecule has 1 atom stereocenters. The molecule has 1 aromatic carbocycles. The fourth-order valence-corrected chi connectivity index (χ4v) is 4.45. The maximum Gasteiger partial charge on any atom is 1.00 e. The number of hydrogen-bond acceptors (Lipinski definition) is 4. The fourth-order valence-electron chi connectivity index (χ4n) is 4.45. The molecule has 0 radical (unpaired) electrons. The number of carbonyl (C=O) groups is 2. The molecular weight excluding hydrogens is 451 g/mol. The van der Waals surface area contributed by atoms with Crippen LogP contribution in [0.15, 0.2) is 30.3 Å². The first-order valence-corrected chi connectivity index (χ1v) is 10.5. The van der Waals surface area contributed by atoms with Crippen molar-refractivity contribution < 1.29 is 83.4 Å². The second kappa shape index (κ2) is 10.7.